The summed E-state index contributed by atoms with van der Waals surface area (Å²) in [6.07, 6.45) is 3.76. The van der Waals surface area contributed by atoms with Crippen LogP contribution in [0.4, 0.5) is 4.39 Å². The zero-order valence-corrected chi connectivity index (χ0v) is 13.3. The van der Waals surface area contributed by atoms with Crippen molar-refractivity contribution in [2.45, 2.75) is 32.2 Å². The first-order valence-electron chi connectivity index (χ1n) is 6.78. The van der Waals surface area contributed by atoms with Gasteiger partial charge in [0.25, 0.3) is 0 Å². The lowest BCUT2D eigenvalue weighted by Crippen LogP contribution is -2.27. The first kappa shape index (κ1) is 14.8. The van der Waals surface area contributed by atoms with Crippen LogP contribution in [0.1, 0.15) is 37.8 Å². The van der Waals surface area contributed by atoms with Crippen LogP contribution >= 0.6 is 15.9 Å². The zero-order chi connectivity index (χ0) is 14.0. The van der Waals surface area contributed by atoms with E-state index in [1.807, 2.05) is 13.1 Å². The maximum absolute atomic E-state index is 13.6. The number of methoxy groups -OCH3 is 1. The Morgan fingerprint density at radius 1 is 1.42 bits per heavy atom. The molecule has 1 aromatic carbocycles. The molecule has 1 fully saturated rings. The van der Waals surface area contributed by atoms with Crippen molar-refractivity contribution >= 4 is 15.9 Å². The number of ether oxygens (including phenoxy) is 1. The number of nitrogens with one attached hydrogen (secondary N) is 1. The van der Waals surface area contributed by atoms with Crippen molar-refractivity contribution in [1.29, 1.82) is 0 Å². The minimum absolute atomic E-state index is 0.212. The average molecular weight is 330 g/mol. The van der Waals surface area contributed by atoms with Gasteiger partial charge in [-0.25, -0.2) is 4.39 Å². The third-order valence-corrected chi connectivity index (χ3v) is 4.88. The van der Waals surface area contributed by atoms with Crippen molar-refractivity contribution in [3.05, 3.63) is 28.0 Å². The molecule has 2 nitrogen and oxygen atoms in total. The minimum atomic E-state index is -0.282. The predicted octanol–water partition coefficient (Wildman–Crippen LogP) is 4.29. The summed E-state index contributed by atoms with van der Waals surface area (Å²) in [5.74, 6) is 1.61. The van der Waals surface area contributed by atoms with Gasteiger partial charge >= 0.3 is 0 Å². The van der Waals surface area contributed by atoms with Crippen LogP contribution in [0.3, 0.4) is 0 Å². The van der Waals surface area contributed by atoms with Crippen molar-refractivity contribution in [2.24, 2.45) is 11.8 Å². The molecule has 3 unspecified atom stereocenters. The van der Waals surface area contributed by atoms with E-state index in [9.17, 15) is 4.39 Å². The Morgan fingerprint density at radius 2 is 2.16 bits per heavy atom. The van der Waals surface area contributed by atoms with Gasteiger partial charge in [0.15, 0.2) is 0 Å². The topological polar surface area (TPSA) is 21.3 Å². The van der Waals surface area contributed by atoms with Crippen LogP contribution in [-0.4, -0.2) is 14.2 Å². The Hall–Kier alpha value is -0.610. The Balaban J connectivity index is 2.39. The highest BCUT2D eigenvalue weighted by atomic mass is 79.9. The Morgan fingerprint density at radius 3 is 2.68 bits per heavy atom. The van der Waals surface area contributed by atoms with E-state index >= 15 is 0 Å². The molecule has 19 heavy (non-hydrogen) atoms. The fourth-order valence-corrected chi connectivity index (χ4v) is 3.59. The lowest BCUT2D eigenvalue weighted by atomic mass is 9.85. The van der Waals surface area contributed by atoms with E-state index in [1.54, 1.807) is 7.11 Å². The van der Waals surface area contributed by atoms with Gasteiger partial charge in [0, 0.05) is 17.7 Å². The van der Waals surface area contributed by atoms with Gasteiger partial charge in [0.2, 0.25) is 0 Å². The van der Waals surface area contributed by atoms with Crippen molar-refractivity contribution < 1.29 is 9.13 Å². The molecule has 2 rings (SSSR count). The molecule has 1 aromatic rings. The molecule has 106 valence electrons. The smallest absolute Gasteiger partial charge is 0.141 e. The highest BCUT2D eigenvalue weighted by Gasteiger charge is 2.32. The summed E-state index contributed by atoms with van der Waals surface area (Å²) < 4.78 is 19.5. The number of benzene rings is 1. The Bertz CT molecular complexity index is 452. The molecule has 0 bridgehead atoms. The number of rotatable bonds is 4. The van der Waals surface area contributed by atoms with Gasteiger partial charge in [0.1, 0.15) is 11.6 Å². The third-order valence-electron chi connectivity index (χ3n) is 4.27. The summed E-state index contributed by atoms with van der Waals surface area (Å²) in [5, 5.41) is 3.39. The first-order chi connectivity index (χ1) is 9.08. The molecule has 1 N–H and O–H groups in total. The lowest BCUT2D eigenvalue weighted by molar-refractivity contribution is 0.304. The van der Waals surface area contributed by atoms with E-state index in [0.717, 1.165) is 5.56 Å². The van der Waals surface area contributed by atoms with Gasteiger partial charge < -0.3 is 10.1 Å². The zero-order valence-electron chi connectivity index (χ0n) is 11.7. The molecule has 4 heteroatoms. The van der Waals surface area contributed by atoms with Gasteiger partial charge in [-0.2, -0.15) is 0 Å². The highest BCUT2D eigenvalue weighted by Crippen LogP contribution is 2.43. The van der Waals surface area contributed by atoms with Crippen LogP contribution in [0.15, 0.2) is 16.6 Å². The highest BCUT2D eigenvalue weighted by molar-refractivity contribution is 9.10. The molecule has 0 heterocycles. The van der Waals surface area contributed by atoms with E-state index < -0.39 is 0 Å². The summed E-state index contributed by atoms with van der Waals surface area (Å²) in [4.78, 5) is 0. The SMILES string of the molecule is CNC(c1cc(Br)c(F)cc1OC)C1CCCC1C. The van der Waals surface area contributed by atoms with Crippen molar-refractivity contribution in [3.8, 4) is 5.75 Å². The second-order valence-electron chi connectivity index (χ2n) is 5.35. The van der Waals surface area contributed by atoms with Gasteiger partial charge in [-0.1, -0.05) is 19.8 Å². The molecule has 1 aliphatic carbocycles. The van der Waals surface area contributed by atoms with Crippen LogP contribution < -0.4 is 10.1 Å². The first-order valence-corrected chi connectivity index (χ1v) is 7.58. The van der Waals surface area contributed by atoms with E-state index in [4.69, 9.17) is 4.74 Å². The Labute approximate surface area is 122 Å². The quantitative estimate of drug-likeness (QED) is 0.889. The summed E-state index contributed by atoms with van der Waals surface area (Å²) >= 11 is 3.27. The maximum atomic E-state index is 13.6. The van der Waals surface area contributed by atoms with Gasteiger partial charge in [-0.3, -0.25) is 0 Å². The molecule has 0 aromatic heterocycles. The van der Waals surface area contributed by atoms with Gasteiger partial charge in [0.05, 0.1) is 11.6 Å². The molecular formula is C15H21BrFNO. The maximum Gasteiger partial charge on any atom is 0.141 e. The molecule has 0 aliphatic heterocycles. The van der Waals surface area contributed by atoms with E-state index in [1.165, 1.54) is 25.3 Å². The van der Waals surface area contributed by atoms with Gasteiger partial charge in [-0.05, 0) is 47.3 Å². The molecule has 1 saturated carbocycles. The average Bonchev–Trinajstić information content (AvgIpc) is 2.81. The second-order valence-corrected chi connectivity index (χ2v) is 6.20. The van der Waals surface area contributed by atoms with Crippen LogP contribution in [0.5, 0.6) is 5.75 Å². The van der Waals surface area contributed by atoms with Crippen molar-refractivity contribution in [3.63, 3.8) is 0 Å². The lowest BCUT2D eigenvalue weighted by Gasteiger charge is -2.28. The molecule has 1 aliphatic rings. The second kappa shape index (κ2) is 6.23. The molecular weight excluding hydrogens is 309 g/mol. The minimum Gasteiger partial charge on any atom is -0.496 e. The summed E-state index contributed by atoms with van der Waals surface area (Å²) in [5.41, 5.74) is 1.04. The van der Waals surface area contributed by atoms with Gasteiger partial charge in [-0.15, -0.1) is 0 Å². The van der Waals surface area contributed by atoms with E-state index in [-0.39, 0.29) is 11.9 Å². The monoisotopic (exact) mass is 329 g/mol. The molecule has 0 spiro atoms. The number of hydrogen-bond acceptors (Lipinski definition) is 2. The fraction of sp³-hybridized carbons (Fsp3) is 0.600. The normalized spacial score (nSPS) is 24.5. The van der Waals surface area contributed by atoms with E-state index in [0.29, 0.717) is 22.1 Å². The summed E-state index contributed by atoms with van der Waals surface area (Å²) in [6.45, 7) is 2.30. The van der Waals surface area contributed by atoms with Crippen LogP contribution in [0, 0.1) is 17.7 Å². The number of hydrogen-bond donors (Lipinski definition) is 1. The molecule has 0 saturated heterocycles. The molecule has 3 atom stereocenters. The van der Waals surface area contributed by atoms with Crippen LogP contribution in [0.25, 0.3) is 0 Å². The van der Waals surface area contributed by atoms with E-state index in [2.05, 4.69) is 28.2 Å². The summed E-state index contributed by atoms with van der Waals surface area (Å²) in [6, 6.07) is 3.52. The van der Waals surface area contributed by atoms with Crippen molar-refractivity contribution in [1.82, 2.24) is 5.32 Å². The van der Waals surface area contributed by atoms with Crippen LogP contribution in [-0.2, 0) is 0 Å². The third kappa shape index (κ3) is 2.95. The molecule has 0 amide bonds. The standard InChI is InChI=1S/C15H21BrFNO/c1-9-5-4-6-10(9)15(18-2)11-7-12(16)13(17)8-14(11)19-3/h7-10,15,18H,4-6H2,1-3H3. The number of halogens is 2. The van der Waals surface area contributed by atoms with Crippen molar-refractivity contribution in [2.75, 3.05) is 14.2 Å². The Kier molecular flexibility index (Phi) is 4.85. The predicted molar refractivity (Wildman–Crippen MR) is 79.0 cm³/mol. The van der Waals surface area contributed by atoms with Crippen LogP contribution in [0.2, 0.25) is 0 Å². The summed E-state index contributed by atoms with van der Waals surface area (Å²) in [7, 11) is 3.56. The largest absolute Gasteiger partial charge is 0.496 e. The fourth-order valence-electron chi connectivity index (χ4n) is 3.23. The molecule has 0 radical (unpaired) electrons.